The Kier molecular flexibility index (Phi) is 3.61. The summed E-state index contributed by atoms with van der Waals surface area (Å²) in [5, 5.41) is 6.58. The molecule has 1 rings (SSSR count). The van der Waals surface area contributed by atoms with Crippen LogP contribution in [0.1, 0.15) is 25.1 Å². The molecule has 3 N–H and O–H groups in total. The Morgan fingerprint density at radius 3 is 2.91 bits per heavy atom. The van der Waals surface area contributed by atoms with Gasteiger partial charge in [-0.3, -0.25) is 5.10 Å². The molecule has 0 saturated carbocycles. The minimum Gasteiger partial charge on any atom is -0.330 e. The second-order valence-electron chi connectivity index (χ2n) is 2.53. The van der Waals surface area contributed by atoms with Crippen LogP contribution in [0.3, 0.4) is 0 Å². The first-order chi connectivity index (χ1) is 5.43. The Hall–Kier alpha value is -0.900. The Bertz CT molecular complexity index is 171. The molecular weight excluding hydrogens is 140 g/mol. The molecule has 1 aromatic heterocycles. The zero-order valence-electron chi connectivity index (χ0n) is 6.58. The number of nitrogens with two attached hydrogens (primary N) is 1. The predicted molar refractivity (Wildman–Crippen MR) is 43.0 cm³/mol. The molecule has 0 unspecified atom stereocenters. The van der Waals surface area contributed by atoms with Crippen molar-refractivity contribution in [3.63, 3.8) is 0 Å². The molecule has 11 heavy (non-hydrogen) atoms. The summed E-state index contributed by atoms with van der Waals surface area (Å²) < 4.78 is 0. The van der Waals surface area contributed by atoms with Crippen LogP contribution in [0.4, 0.5) is 0 Å². The third-order valence-electron chi connectivity index (χ3n) is 1.58. The van der Waals surface area contributed by atoms with Crippen molar-refractivity contribution in [1.82, 2.24) is 15.2 Å². The minimum absolute atomic E-state index is 0.788. The molecule has 0 saturated heterocycles. The number of aromatic amines is 1. The van der Waals surface area contributed by atoms with Gasteiger partial charge in [0.2, 0.25) is 0 Å². The molecule has 0 aliphatic heterocycles. The summed E-state index contributed by atoms with van der Waals surface area (Å²) in [6.07, 6.45) is 5.95. The van der Waals surface area contributed by atoms with Crippen molar-refractivity contribution < 1.29 is 0 Å². The van der Waals surface area contributed by atoms with E-state index >= 15 is 0 Å². The lowest BCUT2D eigenvalue weighted by molar-refractivity contribution is 0.670. The highest BCUT2D eigenvalue weighted by Crippen LogP contribution is 1.99. The van der Waals surface area contributed by atoms with E-state index in [2.05, 4.69) is 15.2 Å². The monoisotopic (exact) mass is 154 g/mol. The van der Waals surface area contributed by atoms with Crippen LogP contribution in [0.2, 0.25) is 0 Å². The van der Waals surface area contributed by atoms with Gasteiger partial charge in [-0.05, 0) is 19.4 Å². The number of unbranched alkanes of at least 4 members (excludes halogenated alkanes) is 2. The van der Waals surface area contributed by atoms with Gasteiger partial charge in [0, 0.05) is 6.42 Å². The summed E-state index contributed by atoms with van der Waals surface area (Å²) in [4.78, 5) is 4.02. The molecule has 0 spiro atoms. The number of nitrogens with zero attached hydrogens (tertiary/aromatic N) is 2. The average molecular weight is 154 g/mol. The maximum absolute atomic E-state index is 5.35. The van der Waals surface area contributed by atoms with Crippen LogP contribution < -0.4 is 5.73 Å². The summed E-state index contributed by atoms with van der Waals surface area (Å²) in [6, 6.07) is 0. The maximum Gasteiger partial charge on any atom is 0.137 e. The van der Waals surface area contributed by atoms with Gasteiger partial charge < -0.3 is 5.73 Å². The number of aromatic nitrogens is 3. The first-order valence-electron chi connectivity index (χ1n) is 3.98. The summed E-state index contributed by atoms with van der Waals surface area (Å²) in [5.41, 5.74) is 5.35. The highest BCUT2D eigenvalue weighted by Gasteiger charge is 1.93. The van der Waals surface area contributed by atoms with E-state index in [-0.39, 0.29) is 0 Å². The average Bonchev–Trinajstić information content (AvgIpc) is 2.50. The van der Waals surface area contributed by atoms with Crippen molar-refractivity contribution in [2.45, 2.75) is 25.7 Å². The van der Waals surface area contributed by atoms with Crippen molar-refractivity contribution in [3.05, 3.63) is 12.2 Å². The Labute approximate surface area is 66.2 Å². The highest BCUT2D eigenvalue weighted by molar-refractivity contribution is 4.79. The molecule has 4 nitrogen and oxygen atoms in total. The highest BCUT2D eigenvalue weighted by atomic mass is 15.2. The molecule has 4 heteroatoms. The molecule has 0 fully saturated rings. The first-order valence-corrected chi connectivity index (χ1v) is 3.98. The lowest BCUT2D eigenvalue weighted by atomic mass is 10.2. The van der Waals surface area contributed by atoms with E-state index in [1.54, 1.807) is 0 Å². The van der Waals surface area contributed by atoms with Gasteiger partial charge in [-0.2, -0.15) is 5.10 Å². The van der Waals surface area contributed by atoms with Gasteiger partial charge >= 0.3 is 0 Å². The van der Waals surface area contributed by atoms with Gasteiger partial charge in [0.15, 0.2) is 0 Å². The van der Waals surface area contributed by atoms with Crippen molar-refractivity contribution in [2.75, 3.05) is 6.54 Å². The summed E-state index contributed by atoms with van der Waals surface area (Å²) in [7, 11) is 0. The second-order valence-corrected chi connectivity index (χ2v) is 2.53. The molecule has 0 aliphatic carbocycles. The van der Waals surface area contributed by atoms with Gasteiger partial charge in [0.1, 0.15) is 12.2 Å². The number of hydrogen-bond acceptors (Lipinski definition) is 3. The second kappa shape index (κ2) is 4.85. The number of rotatable bonds is 5. The van der Waals surface area contributed by atoms with E-state index in [0.717, 1.165) is 31.6 Å². The fourth-order valence-corrected chi connectivity index (χ4v) is 0.965. The third-order valence-corrected chi connectivity index (χ3v) is 1.58. The summed E-state index contributed by atoms with van der Waals surface area (Å²) in [6.45, 7) is 0.788. The topological polar surface area (TPSA) is 67.6 Å². The SMILES string of the molecule is NCCCCCc1ncn[nH]1. The molecule has 62 valence electrons. The van der Waals surface area contributed by atoms with E-state index in [4.69, 9.17) is 5.73 Å². The summed E-state index contributed by atoms with van der Waals surface area (Å²) >= 11 is 0. The van der Waals surface area contributed by atoms with Crippen molar-refractivity contribution in [1.29, 1.82) is 0 Å². The molecular formula is C7H14N4. The molecule has 0 aromatic carbocycles. The normalized spacial score (nSPS) is 10.3. The lowest BCUT2D eigenvalue weighted by Gasteiger charge is -1.94. The molecule has 0 radical (unpaired) electrons. The molecule has 1 aromatic rings. The zero-order valence-corrected chi connectivity index (χ0v) is 6.58. The molecule has 0 aliphatic rings. The van der Waals surface area contributed by atoms with E-state index in [1.807, 2.05) is 0 Å². The Morgan fingerprint density at radius 2 is 2.27 bits per heavy atom. The fraction of sp³-hybridized carbons (Fsp3) is 0.714. The Balaban J connectivity index is 2.04. The van der Waals surface area contributed by atoms with Crippen molar-refractivity contribution in [3.8, 4) is 0 Å². The van der Waals surface area contributed by atoms with Crippen LogP contribution >= 0.6 is 0 Å². The number of nitrogens with one attached hydrogen (secondary N) is 1. The van der Waals surface area contributed by atoms with Crippen LogP contribution in [0.5, 0.6) is 0 Å². The molecule has 1 heterocycles. The first kappa shape index (κ1) is 8.20. The van der Waals surface area contributed by atoms with Crippen LogP contribution in [-0.2, 0) is 6.42 Å². The molecule has 0 amide bonds. The van der Waals surface area contributed by atoms with Crippen molar-refractivity contribution in [2.24, 2.45) is 5.73 Å². The zero-order chi connectivity index (χ0) is 7.94. The molecule has 0 bridgehead atoms. The number of H-pyrrole nitrogens is 1. The smallest absolute Gasteiger partial charge is 0.137 e. The number of hydrogen-bond donors (Lipinski definition) is 2. The van der Waals surface area contributed by atoms with Crippen LogP contribution in [0, 0.1) is 0 Å². The van der Waals surface area contributed by atoms with Gasteiger partial charge in [0.25, 0.3) is 0 Å². The van der Waals surface area contributed by atoms with E-state index in [0.29, 0.717) is 0 Å². The van der Waals surface area contributed by atoms with Crippen LogP contribution in [0.15, 0.2) is 6.33 Å². The van der Waals surface area contributed by atoms with Crippen molar-refractivity contribution >= 4 is 0 Å². The van der Waals surface area contributed by atoms with Gasteiger partial charge in [0.05, 0.1) is 0 Å². The largest absolute Gasteiger partial charge is 0.330 e. The van der Waals surface area contributed by atoms with Crippen LogP contribution in [0.25, 0.3) is 0 Å². The fourth-order valence-electron chi connectivity index (χ4n) is 0.965. The lowest BCUT2D eigenvalue weighted by Crippen LogP contribution is -1.98. The standard InChI is InChI=1S/C7H14N4/c8-5-3-1-2-4-7-9-6-10-11-7/h6H,1-5,8H2,(H,9,10,11). The minimum atomic E-state index is 0.788. The predicted octanol–water partition coefficient (Wildman–Crippen LogP) is 0.476. The van der Waals surface area contributed by atoms with Gasteiger partial charge in [-0.15, -0.1) is 0 Å². The van der Waals surface area contributed by atoms with E-state index in [1.165, 1.54) is 12.7 Å². The quantitative estimate of drug-likeness (QED) is 0.606. The molecule has 0 atom stereocenters. The van der Waals surface area contributed by atoms with E-state index < -0.39 is 0 Å². The summed E-state index contributed by atoms with van der Waals surface area (Å²) in [5.74, 6) is 0.974. The number of aryl methyl sites for hydroxylation is 1. The van der Waals surface area contributed by atoms with Gasteiger partial charge in [-0.1, -0.05) is 6.42 Å². The van der Waals surface area contributed by atoms with E-state index in [9.17, 15) is 0 Å². The van der Waals surface area contributed by atoms with Gasteiger partial charge in [-0.25, -0.2) is 4.98 Å². The third kappa shape index (κ3) is 3.13. The Morgan fingerprint density at radius 1 is 1.36 bits per heavy atom. The maximum atomic E-state index is 5.35. The van der Waals surface area contributed by atoms with Crippen LogP contribution in [-0.4, -0.2) is 21.7 Å².